The number of rotatable bonds is 6. The molecule has 0 unspecified atom stereocenters. The average molecular weight is 283 g/mol. The maximum absolute atomic E-state index is 11.5. The van der Waals surface area contributed by atoms with Gasteiger partial charge in [0.2, 0.25) is 5.13 Å². The molecule has 1 heterocycles. The summed E-state index contributed by atoms with van der Waals surface area (Å²) in [5, 5.41) is 13.4. The van der Waals surface area contributed by atoms with Crippen LogP contribution in [0.25, 0.3) is 0 Å². The number of anilines is 1. The van der Waals surface area contributed by atoms with Crippen molar-refractivity contribution in [1.82, 2.24) is 9.36 Å². The van der Waals surface area contributed by atoms with E-state index in [4.69, 9.17) is 0 Å². The van der Waals surface area contributed by atoms with Crippen LogP contribution in [0, 0.1) is 5.41 Å². The molecule has 1 aliphatic rings. The summed E-state index contributed by atoms with van der Waals surface area (Å²) >= 11 is 1.32. The number of aryl methyl sites for hydroxylation is 1. The van der Waals surface area contributed by atoms with Crippen LogP contribution >= 0.6 is 11.5 Å². The monoisotopic (exact) mass is 283 g/mol. The van der Waals surface area contributed by atoms with Crippen LogP contribution < -0.4 is 5.32 Å². The Kier molecular flexibility index (Phi) is 4.74. The van der Waals surface area contributed by atoms with Crippen LogP contribution in [0.2, 0.25) is 0 Å². The molecule has 5 nitrogen and oxygen atoms in total. The maximum atomic E-state index is 11.5. The summed E-state index contributed by atoms with van der Waals surface area (Å²) in [5.74, 6) is 0.168. The second-order valence-corrected chi connectivity index (χ2v) is 6.02. The molecule has 2 N–H and O–H groups in total. The van der Waals surface area contributed by atoms with E-state index in [1.54, 1.807) is 0 Å². The number of nitrogens with zero attached hydrogens (tertiary/aromatic N) is 2. The zero-order chi connectivity index (χ0) is 13.7. The molecule has 1 aliphatic carbocycles. The Morgan fingerprint density at radius 1 is 1.42 bits per heavy atom. The molecule has 2 rings (SSSR count). The molecule has 1 fully saturated rings. The van der Waals surface area contributed by atoms with E-state index in [9.17, 15) is 9.90 Å². The summed E-state index contributed by atoms with van der Waals surface area (Å²) < 4.78 is 4.26. The molecule has 1 aromatic rings. The minimum Gasteiger partial charge on any atom is -0.481 e. The first-order valence-corrected chi connectivity index (χ1v) is 7.73. The Balaban J connectivity index is 1.96. The molecule has 0 aromatic carbocycles. The highest BCUT2D eigenvalue weighted by molar-refractivity contribution is 7.09. The summed E-state index contributed by atoms with van der Waals surface area (Å²) in [5.41, 5.74) is -0.616. The van der Waals surface area contributed by atoms with Gasteiger partial charge < -0.3 is 10.4 Å². The second kappa shape index (κ2) is 6.32. The molecule has 0 spiro atoms. The molecule has 0 bridgehead atoms. The number of carboxylic acid groups (broad SMARTS) is 1. The summed E-state index contributed by atoms with van der Waals surface area (Å²) in [4.78, 5) is 15.9. The van der Waals surface area contributed by atoms with E-state index in [1.165, 1.54) is 11.5 Å². The maximum Gasteiger partial charge on any atom is 0.311 e. The van der Waals surface area contributed by atoms with Gasteiger partial charge in [0.1, 0.15) is 5.82 Å². The summed E-state index contributed by atoms with van der Waals surface area (Å²) in [6.07, 6.45) is 6.58. The Labute approximate surface area is 117 Å². The zero-order valence-corrected chi connectivity index (χ0v) is 12.1. The average Bonchev–Trinajstić information content (AvgIpc) is 2.86. The van der Waals surface area contributed by atoms with Crippen molar-refractivity contribution in [3.05, 3.63) is 5.82 Å². The van der Waals surface area contributed by atoms with Gasteiger partial charge in [0.05, 0.1) is 5.41 Å². The fourth-order valence-electron chi connectivity index (χ4n) is 2.59. The third-order valence-electron chi connectivity index (χ3n) is 3.78. The topological polar surface area (TPSA) is 75.1 Å². The summed E-state index contributed by atoms with van der Waals surface area (Å²) in [6, 6.07) is 0. The SMILES string of the molecule is CCCc1nsc(NCC2(C(=O)O)CCCCC2)n1. The lowest BCUT2D eigenvalue weighted by Crippen LogP contribution is -2.39. The van der Waals surface area contributed by atoms with E-state index in [0.29, 0.717) is 6.54 Å². The minimum absolute atomic E-state index is 0.461. The van der Waals surface area contributed by atoms with Crippen molar-refractivity contribution >= 4 is 22.6 Å². The Bertz CT molecular complexity index is 427. The summed E-state index contributed by atoms with van der Waals surface area (Å²) in [6.45, 7) is 2.55. The van der Waals surface area contributed by atoms with Crippen molar-refractivity contribution in [2.75, 3.05) is 11.9 Å². The third kappa shape index (κ3) is 3.43. The standard InChI is InChI=1S/C13H21N3O2S/c1-2-6-10-15-12(19-16-10)14-9-13(11(17)18)7-4-3-5-8-13/h2-9H2,1H3,(H,17,18)(H,14,15,16). The van der Waals surface area contributed by atoms with Crippen LogP contribution in [0.15, 0.2) is 0 Å². The van der Waals surface area contributed by atoms with Gasteiger partial charge in [-0.2, -0.15) is 4.37 Å². The molecule has 0 atom stereocenters. The Hall–Kier alpha value is -1.17. The summed E-state index contributed by atoms with van der Waals surface area (Å²) in [7, 11) is 0. The molecule has 0 saturated heterocycles. The molecule has 6 heteroatoms. The first-order valence-electron chi connectivity index (χ1n) is 6.96. The van der Waals surface area contributed by atoms with Gasteiger partial charge in [-0.1, -0.05) is 26.2 Å². The lowest BCUT2D eigenvalue weighted by molar-refractivity contribution is -0.150. The van der Waals surface area contributed by atoms with E-state index < -0.39 is 11.4 Å². The van der Waals surface area contributed by atoms with Crippen LogP contribution in [0.1, 0.15) is 51.3 Å². The van der Waals surface area contributed by atoms with Crippen molar-refractivity contribution < 1.29 is 9.90 Å². The fourth-order valence-corrected chi connectivity index (χ4v) is 3.20. The number of aliphatic carboxylic acids is 1. The van der Waals surface area contributed by atoms with Crippen molar-refractivity contribution in [3.8, 4) is 0 Å². The normalized spacial score (nSPS) is 18.2. The van der Waals surface area contributed by atoms with E-state index in [0.717, 1.165) is 55.9 Å². The molecular formula is C13H21N3O2S. The number of aromatic nitrogens is 2. The van der Waals surface area contributed by atoms with Gasteiger partial charge >= 0.3 is 5.97 Å². The van der Waals surface area contributed by atoms with Crippen LogP contribution in [-0.4, -0.2) is 27.0 Å². The lowest BCUT2D eigenvalue weighted by Gasteiger charge is -2.33. The minimum atomic E-state index is -0.682. The molecule has 0 aliphatic heterocycles. The van der Waals surface area contributed by atoms with Gasteiger partial charge in [0, 0.05) is 24.5 Å². The molecule has 0 radical (unpaired) electrons. The Morgan fingerprint density at radius 3 is 2.79 bits per heavy atom. The van der Waals surface area contributed by atoms with Crippen molar-refractivity contribution in [3.63, 3.8) is 0 Å². The van der Waals surface area contributed by atoms with Gasteiger partial charge in [0.15, 0.2) is 0 Å². The molecule has 106 valence electrons. The van der Waals surface area contributed by atoms with Gasteiger partial charge in [-0.15, -0.1) is 0 Å². The first kappa shape index (κ1) is 14.2. The zero-order valence-electron chi connectivity index (χ0n) is 11.3. The molecular weight excluding hydrogens is 262 g/mol. The van der Waals surface area contributed by atoms with E-state index in [1.807, 2.05) is 0 Å². The number of carbonyl (C=O) groups is 1. The second-order valence-electron chi connectivity index (χ2n) is 5.27. The first-order chi connectivity index (χ1) is 9.16. The van der Waals surface area contributed by atoms with Crippen LogP contribution in [0.3, 0.4) is 0 Å². The van der Waals surface area contributed by atoms with Gasteiger partial charge in [-0.25, -0.2) is 4.98 Å². The highest BCUT2D eigenvalue weighted by Gasteiger charge is 2.39. The lowest BCUT2D eigenvalue weighted by atomic mass is 9.74. The van der Waals surface area contributed by atoms with Gasteiger partial charge in [-0.3, -0.25) is 4.79 Å². The number of hydrogen-bond acceptors (Lipinski definition) is 5. The van der Waals surface area contributed by atoms with Crippen molar-refractivity contribution in [2.45, 2.75) is 51.9 Å². The molecule has 1 saturated carbocycles. The number of carboxylic acids is 1. The predicted molar refractivity (Wildman–Crippen MR) is 75.5 cm³/mol. The van der Waals surface area contributed by atoms with Crippen LogP contribution in [-0.2, 0) is 11.2 Å². The van der Waals surface area contributed by atoms with E-state index >= 15 is 0 Å². The van der Waals surface area contributed by atoms with Gasteiger partial charge in [0.25, 0.3) is 0 Å². The fraction of sp³-hybridized carbons (Fsp3) is 0.769. The van der Waals surface area contributed by atoms with E-state index in [-0.39, 0.29) is 0 Å². The number of hydrogen-bond donors (Lipinski definition) is 2. The highest BCUT2D eigenvalue weighted by atomic mass is 32.1. The smallest absolute Gasteiger partial charge is 0.311 e. The molecule has 0 amide bonds. The predicted octanol–water partition coefficient (Wildman–Crippen LogP) is 2.94. The van der Waals surface area contributed by atoms with Crippen molar-refractivity contribution in [2.24, 2.45) is 5.41 Å². The molecule has 1 aromatic heterocycles. The van der Waals surface area contributed by atoms with E-state index in [2.05, 4.69) is 21.6 Å². The third-order valence-corrected chi connectivity index (χ3v) is 4.49. The van der Waals surface area contributed by atoms with Crippen LogP contribution in [0.5, 0.6) is 0 Å². The quantitative estimate of drug-likeness (QED) is 0.839. The number of nitrogens with one attached hydrogen (secondary N) is 1. The largest absolute Gasteiger partial charge is 0.481 e. The highest BCUT2D eigenvalue weighted by Crippen LogP contribution is 2.36. The van der Waals surface area contributed by atoms with Gasteiger partial charge in [-0.05, 0) is 19.3 Å². The Morgan fingerprint density at radius 2 is 2.16 bits per heavy atom. The molecule has 19 heavy (non-hydrogen) atoms. The van der Waals surface area contributed by atoms with Crippen LogP contribution in [0.4, 0.5) is 5.13 Å². The van der Waals surface area contributed by atoms with Crippen molar-refractivity contribution in [1.29, 1.82) is 0 Å².